The van der Waals surface area contributed by atoms with E-state index < -0.39 is 0 Å². The Balaban J connectivity index is 2.03. The Labute approximate surface area is 106 Å². The lowest BCUT2D eigenvalue weighted by atomic mass is 10.0. The number of anilines is 1. The van der Waals surface area contributed by atoms with Crippen molar-refractivity contribution in [1.82, 2.24) is 19.6 Å². The number of fused-ring (bicyclic) bond motifs is 1. The molecule has 5 heteroatoms. The highest BCUT2D eigenvalue weighted by molar-refractivity contribution is 5.52. The molecule has 0 aliphatic heterocycles. The number of rotatable bonds is 2. The molecule has 2 aromatic rings. The molecular formula is C13H17N5. The first-order valence-electron chi connectivity index (χ1n) is 6.36. The molecule has 2 aromatic heterocycles. The Hall–Kier alpha value is -1.91. The zero-order valence-corrected chi connectivity index (χ0v) is 10.7. The van der Waals surface area contributed by atoms with Gasteiger partial charge in [-0.3, -0.25) is 0 Å². The Morgan fingerprint density at radius 1 is 1.39 bits per heavy atom. The van der Waals surface area contributed by atoms with Gasteiger partial charge in [0.1, 0.15) is 12.1 Å². The zero-order valence-electron chi connectivity index (χ0n) is 10.7. The van der Waals surface area contributed by atoms with E-state index in [0.717, 1.165) is 23.5 Å². The van der Waals surface area contributed by atoms with E-state index in [4.69, 9.17) is 0 Å². The molecule has 2 heterocycles. The van der Waals surface area contributed by atoms with Gasteiger partial charge in [0.15, 0.2) is 0 Å². The quantitative estimate of drug-likeness (QED) is 0.822. The maximum atomic E-state index is 4.42. The summed E-state index contributed by atoms with van der Waals surface area (Å²) in [5.41, 5.74) is 2.13. The fourth-order valence-electron chi connectivity index (χ4n) is 2.31. The van der Waals surface area contributed by atoms with E-state index >= 15 is 0 Å². The third kappa shape index (κ3) is 1.85. The summed E-state index contributed by atoms with van der Waals surface area (Å²) in [7, 11) is 0. The summed E-state index contributed by atoms with van der Waals surface area (Å²) < 4.78 is 1.78. The van der Waals surface area contributed by atoms with Gasteiger partial charge in [0.2, 0.25) is 0 Å². The van der Waals surface area contributed by atoms with Crippen molar-refractivity contribution >= 4 is 11.6 Å². The molecule has 0 amide bonds. The van der Waals surface area contributed by atoms with Crippen molar-refractivity contribution in [2.45, 2.75) is 39.2 Å². The number of hydrogen-bond acceptors (Lipinski definition) is 4. The normalized spacial score (nSPS) is 19.3. The van der Waals surface area contributed by atoms with E-state index in [1.807, 2.05) is 6.92 Å². The average molecular weight is 243 g/mol. The second-order valence-electron chi connectivity index (χ2n) is 4.75. The first kappa shape index (κ1) is 11.2. The van der Waals surface area contributed by atoms with Gasteiger partial charge in [-0.25, -0.2) is 4.98 Å². The van der Waals surface area contributed by atoms with Gasteiger partial charge in [-0.15, -0.1) is 0 Å². The fourth-order valence-corrected chi connectivity index (χ4v) is 2.31. The van der Waals surface area contributed by atoms with Crippen molar-refractivity contribution in [1.29, 1.82) is 0 Å². The van der Waals surface area contributed by atoms with Crippen LogP contribution < -0.4 is 5.32 Å². The summed E-state index contributed by atoms with van der Waals surface area (Å²) in [6, 6.07) is 0.381. The molecule has 1 aliphatic carbocycles. The lowest BCUT2D eigenvalue weighted by molar-refractivity contribution is 0.667. The summed E-state index contributed by atoms with van der Waals surface area (Å²) in [6.07, 6.45) is 9.60. The van der Waals surface area contributed by atoms with Crippen LogP contribution in [0.5, 0.6) is 0 Å². The highest BCUT2D eigenvalue weighted by Gasteiger charge is 2.15. The third-order valence-electron chi connectivity index (χ3n) is 3.48. The topological polar surface area (TPSA) is 55.1 Å². The number of nitrogens with zero attached hydrogens (tertiary/aromatic N) is 4. The average Bonchev–Trinajstić information content (AvgIpc) is 2.84. The first-order chi connectivity index (χ1) is 8.75. The summed E-state index contributed by atoms with van der Waals surface area (Å²) in [4.78, 5) is 8.58. The van der Waals surface area contributed by atoms with Crippen LogP contribution in [0.4, 0.5) is 5.82 Å². The van der Waals surface area contributed by atoms with Gasteiger partial charge in [0, 0.05) is 17.3 Å². The van der Waals surface area contributed by atoms with Gasteiger partial charge < -0.3 is 5.32 Å². The van der Waals surface area contributed by atoms with Crippen molar-refractivity contribution in [3.05, 3.63) is 29.7 Å². The number of aromatic nitrogens is 4. The van der Waals surface area contributed by atoms with Crippen LogP contribution in [0.2, 0.25) is 0 Å². The molecule has 3 rings (SSSR count). The molecule has 94 valence electrons. The Morgan fingerprint density at radius 3 is 3.06 bits per heavy atom. The lowest BCUT2D eigenvalue weighted by Crippen LogP contribution is -2.22. The number of allylic oxidation sites excluding steroid dienone is 1. The monoisotopic (exact) mass is 243 g/mol. The first-order valence-corrected chi connectivity index (χ1v) is 6.36. The standard InChI is InChI=1S/C13H17N5/c1-9-10(2)16-13-14-8-15-18(13)12(9)17-11-6-4-3-5-7-11/h4,6,8,11,17H,3,5,7H2,1-2H3/t11-/m1/s1. The SMILES string of the molecule is Cc1nc2ncnn2c(N[C@@H]2C=CCCC2)c1C. The predicted molar refractivity (Wildman–Crippen MR) is 70.7 cm³/mol. The minimum atomic E-state index is 0.381. The van der Waals surface area contributed by atoms with Crippen molar-refractivity contribution < 1.29 is 0 Å². The molecule has 0 radical (unpaired) electrons. The summed E-state index contributed by atoms with van der Waals surface area (Å²) in [5, 5.41) is 7.80. The predicted octanol–water partition coefficient (Wildman–Crippen LogP) is 2.26. The molecular weight excluding hydrogens is 226 g/mol. The van der Waals surface area contributed by atoms with E-state index in [-0.39, 0.29) is 0 Å². The van der Waals surface area contributed by atoms with Gasteiger partial charge >= 0.3 is 0 Å². The molecule has 0 aromatic carbocycles. The van der Waals surface area contributed by atoms with E-state index in [0.29, 0.717) is 11.8 Å². The second kappa shape index (κ2) is 4.40. The molecule has 0 spiro atoms. The largest absolute Gasteiger partial charge is 0.363 e. The zero-order chi connectivity index (χ0) is 12.5. The van der Waals surface area contributed by atoms with E-state index in [9.17, 15) is 0 Å². The molecule has 0 bridgehead atoms. The van der Waals surface area contributed by atoms with Crippen LogP contribution in [0.25, 0.3) is 5.78 Å². The Bertz CT molecular complexity index is 599. The van der Waals surface area contributed by atoms with Crippen molar-refractivity contribution in [3.8, 4) is 0 Å². The Morgan fingerprint density at radius 2 is 2.28 bits per heavy atom. The molecule has 0 fully saturated rings. The van der Waals surface area contributed by atoms with Gasteiger partial charge in [-0.05, 0) is 33.1 Å². The van der Waals surface area contributed by atoms with Gasteiger partial charge in [0.05, 0.1) is 0 Å². The van der Waals surface area contributed by atoms with Crippen LogP contribution >= 0.6 is 0 Å². The van der Waals surface area contributed by atoms with Gasteiger partial charge in [0.25, 0.3) is 5.78 Å². The van der Waals surface area contributed by atoms with Crippen molar-refractivity contribution in [2.75, 3.05) is 5.32 Å². The van der Waals surface area contributed by atoms with Gasteiger partial charge in [-0.2, -0.15) is 14.6 Å². The molecule has 0 unspecified atom stereocenters. The smallest absolute Gasteiger partial charge is 0.254 e. The molecule has 1 N–H and O–H groups in total. The van der Waals surface area contributed by atoms with Crippen LogP contribution in [0.3, 0.4) is 0 Å². The van der Waals surface area contributed by atoms with Crippen molar-refractivity contribution in [2.24, 2.45) is 0 Å². The highest BCUT2D eigenvalue weighted by Crippen LogP contribution is 2.21. The molecule has 0 saturated carbocycles. The lowest BCUT2D eigenvalue weighted by Gasteiger charge is -2.21. The van der Waals surface area contributed by atoms with E-state index in [1.54, 1.807) is 10.8 Å². The van der Waals surface area contributed by atoms with Crippen LogP contribution in [0.15, 0.2) is 18.5 Å². The van der Waals surface area contributed by atoms with Crippen LogP contribution in [0.1, 0.15) is 30.5 Å². The van der Waals surface area contributed by atoms with E-state index in [2.05, 4.69) is 39.5 Å². The van der Waals surface area contributed by atoms with Gasteiger partial charge in [-0.1, -0.05) is 12.2 Å². The third-order valence-corrected chi connectivity index (χ3v) is 3.48. The molecule has 5 nitrogen and oxygen atoms in total. The number of hydrogen-bond donors (Lipinski definition) is 1. The molecule has 1 atom stereocenters. The van der Waals surface area contributed by atoms with Crippen LogP contribution in [0, 0.1) is 13.8 Å². The Kier molecular flexibility index (Phi) is 2.74. The molecule has 18 heavy (non-hydrogen) atoms. The molecule has 1 aliphatic rings. The number of aryl methyl sites for hydroxylation is 1. The maximum Gasteiger partial charge on any atom is 0.254 e. The van der Waals surface area contributed by atoms with Crippen LogP contribution in [-0.4, -0.2) is 25.6 Å². The summed E-state index contributed by atoms with van der Waals surface area (Å²) >= 11 is 0. The maximum absolute atomic E-state index is 4.42. The molecule has 0 saturated heterocycles. The summed E-state index contributed by atoms with van der Waals surface area (Å²) in [5.74, 6) is 1.66. The van der Waals surface area contributed by atoms with Crippen LogP contribution in [-0.2, 0) is 0 Å². The van der Waals surface area contributed by atoms with E-state index in [1.165, 1.54) is 12.8 Å². The fraction of sp³-hybridized carbons (Fsp3) is 0.462. The minimum Gasteiger partial charge on any atom is -0.363 e. The summed E-state index contributed by atoms with van der Waals surface area (Å²) in [6.45, 7) is 4.07. The minimum absolute atomic E-state index is 0.381. The highest BCUT2D eigenvalue weighted by atomic mass is 15.4. The number of nitrogens with one attached hydrogen (secondary N) is 1. The van der Waals surface area contributed by atoms with Crippen molar-refractivity contribution in [3.63, 3.8) is 0 Å². The second-order valence-corrected chi connectivity index (χ2v) is 4.75.